The summed E-state index contributed by atoms with van der Waals surface area (Å²) in [6.45, 7) is 0.756. The van der Waals surface area contributed by atoms with Crippen LogP contribution < -0.4 is 14.4 Å². The molecule has 2 aliphatic rings. The molecule has 0 unspecified atom stereocenters. The van der Waals surface area contributed by atoms with Crippen molar-refractivity contribution >= 4 is 27.3 Å². The van der Waals surface area contributed by atoms with E-state index in [1.807, 2.05) is 41.3 Å². The molecule has 0 radical (unpaired) electrons. The van der Waals surface area contributed by atoms with E-state index >= 15 is 0 Å². The Labute approximate surface area is 165 Å². The van der Waals surface area contributed by atoms with Gasteiger partial charge in [0.25, 0.3) is 0 Å². The van der Waals surface area contributed by atoms with Crippen molar-refractivity contribution in [3.05, 3.63) is 53.1 Å². The van der Waals surface area contributed by atoms with Crippen LogP contribution >= 0.6 is 0 Å². The van der Waals surface area contributed by atoms with E-state index in [1.165, 1.54) is 0 Å². The van der Waals surface area contributed by atoms with Gasteiger partial charge in [-0.05, 0) is 66.6 Å². The standard InChI is InChI=1S/C21H24N2O4S/c1-27-19-7-4-15(5-8-19)10-12-28(25,26)22-18-13-16-3-2-11-23-20(24)9-6-17(14-18)21(16)23/h4-5,7-8,13-14,22H,2-3,6,9-12H2,1H3. The molecule has 2 heterocycles. The molecule has 0 saturated carbocycles. The van der Waals surface area contributed by atoms with Crippen LogP contribution in [0, 0.1) is 0 Å². The molecule has 0 fully saturated rings. The lowest BCUT2D eigenvalue weighted by atomic mass is 9.91. The summed E-state index contributed by atoms with van der Waals surface area (Å²) >= 11 is 0. The molecule has 2 aromatic rings. The van der Waals surface area contributed by atoms with Gasteiger partial charge in [0.1, 0.15) is 5.75 Å². The number of amides is 1. The fourth-order valence-electron chi connectivity index (χ4n) is 3.99. The van der Waals surface area contributed by atoms with E-state index in [4.69, 9.17) is 4.74 Å². The van der Waals surface area contributed by atoms with Gasteiger partial charge in [0.2, 0.25) is 15.9 Å². The number of methoxy groups -OCH3 is 1. The van der Waals surface area contributed by atoms with Gasteiger partial charge >= 0.3 is 0 Å². The highest BCUT2D eigenvalue weighted by Gasteiger charge is 2.30. The number of anilines is 2. The van der Waals surface area contributed by atoms with Crippen LogP contribution in [-0.4, -0.2) is 33.7 Å². The number of ether oxygens (including phenoxy) is 1. The van der Waals surface area contributed by atoms with E-state index in [1.54, 1.807) is 7.11 Å². The van der Waals surface area contributed by atoms with Crippen molar-refractivity contribution < 1.29 is 17.9 Å². The summed E-state index contributed by atoms with van der Waals surface area (Å²) in [4.78, 5) is 14.0. The molecule has 2 aromatic carbocycles. The van der Waals surface area contributed by atoms with Crippen LogP contribution in [0.2, 0.25) is 0 Å². The number of aryl methyl sites for hydroxylation is 3. The summed E-state index contributed by atoms with van der Waals surface area (Å²) in [5, 5.41) is 0. The van der Waals surface area contributed by atoms with Crippen LogP contribution in [0.25, 0.3) is 0 Å². The molecule has 0 bridgehead atoms. The lowest BCUT2D eigenvalue weighted by molar-refractivity contribution is -0.119. The highest BCUT2D eigenvalue weighted by molar-refractivity contribution is 7.92. The first-order valence-corrected chi connectivity index (χ1v) is 11.2. The largest absolute Gasteiger partial charge is 0.497 e. The minimum Gasteiger partial charge on any atom is -0.497 e. The zero-order valence-electron chi connectivity index (χ0n) is 15.9. The Morgan fingerprint density at radius 3 is 2.50 bits per heavy atom. The van der Waals surface area contributed by atoms with E-state index in [0.717, 1.165) is 47.5 Å². The zero-order chi connectivity index (χ0) is 19.7. The SMILES string of the molecule is COc1ccc(CCS(=O)(=O)Nc2cc3c4c(c2)CCC(=O)N4CCC3)cc1. The van der Waals surface area contributed by atoms with Crippen molar-refractivity contribution in [3.8, 4) is 5.75 Å². The average molecular weight is 401 g/mol. The molecule has 0 saturated heterocycles. The Hall–Kier alpha value is -2.54. The molecule has 1 N–H and O–H groups in total. The van der Waals surface area contributed by atoms with Gasteiger partial charge in [0.15, 0.2) is 0 Å². The van der Waals surface area contributed by atoms with Gasteiger partial charge in [0, 0.05) is 18.7 Å². The maximum Gasteiger partial charge on any atom is 0.233 e. The van der Waals surface area contributed by atoms with Gasteiger partial charge < -0.3 is 9.64 Å². The summed E-state index contributed by atoms with van der Waals surface area (Å²) in [7, 11) is -1.87. The van der Waals surface area contributed by atoms with Gasteiger partial charge in [0.05, 0.1) is 18.6 Å². The van der Waals surface area contributed by atoms with Gasteiger partial charge in [-0.1, -0.05) is 12.1 Å². The number of nitrogens with zero attached hydrogens (tertiary/aromatic N) is 1. The highest BCUT2D eigenvalue weighted by Crippen LogP contribution is 2.38. The number of carbonyl (C=O) groups is 1. The normalized spacial score (nSPS) is 15.9. The lowest BCUT2D eigenvalue weighted by Gasteiger charge is -2.35. The maximum absolute atomic E-state index is 12.6. The van der Waals surface area contributed by atoms with Crippen molar-refractivity contribution in [1.82, 2.24) is 0 Å². The fraction of sp³-hybridized carbons (Fsp3) is 0.381. The first kappa shape index (κ1) is 18.8. The zero-order valence-corrected chi connectivity index (χ0v) is 16.7. The summed E-state index contributed by atoms with van der Waals surface area (Å²) in [5.74, 6) is 0.928. The average Bonchev–Trinajstić information content (AvgIpc) is 2.69. The summed E-state index contributed by atoms with van der Waals surface area (Å²) in [6.07, 6.45) is 3.36. The quantitative estimate of drug-likeness (QED) is 0.809. The third kappa shape index (κ3) is 3.85. The molecule has 0 aliphatic carbocycles. The van der Waals surface area contributed by atoms with Crippen LogP contribution in [0.3, 0.4) is 0 Å². The first-order chi connectivity index (χ1) is 13.4. The maximum atomic E-state index is 12.6. The van der Waals surface area contributed by atoms with Gasteiger partial charge in [-0.25, -0.2) is 8.42 Å². The molecular weight excluding hydrogens is 376 g/mol. The number of benzene rings is 2. The Morgan fingerprint density at radius 2 is 1.79 bits per heavy atom. The molecule has 0 spiro atoms. The Kier molecular flexibility index (Phi) is 5.02. The molecular formula is C21H24N2O4S. The number of hydrogen-bond donors (Lipinski definition) is 1. The second-order valence-electron chi connectivity index (χ2n) is 7.31. The van der Waals surface area contributed by atoms with E-state index in [9.17, 15) is 13.2 Å². The van der Waals surface area contributed by atoms with Crippen molar-refractivity contribution in [3.63, 3.8) is 0 Å². The molecule has 0 aromatic heterocycles. The van der Waals surface area contributed by atoms with Crippen LogP contribution in [0.4, 0.5) is 11.4 Å². The second kappa shape index (κ2) is 7.47. The minimum absolute atomic E-state index is 0.0103. The topological polar surface area (TPSA) is 75.7 Å². The van der Waals surface area contributed by atoms with Crippen LogP contribution in [0.1, 0.15) is 29.5 Å². The van der Waals surface area contributed by atoms with E-state index < -0.39 is 10.0 Å². The van der Waals surface area contributed by atoms with E-state index in [-0.39, 0.29) is 11.7 Å². The molecule has 28 heavy (non-hydrogen) atoms. The molecule has 6 nitrogen and oxygen atoms in total. The lowest BCUT2D eigenvalue weighted by Crippen LogP contribution is -2.39. The summed E-state index contributed by atoms with van der Waals surface area (Å²) in [5.41, 5.74) is 4.67. The molecule has 1 amide bonds. The Morgan fingerprint density at radius 1 is 1.07 bits per heavy atom. The number of carbonyl (C=O) groups excluding carboxylic acids is 1. The van der Waals surface area contributed by atoms with Gasteiger partial charge in [-0.2, -0.15) is 0 Å². The number of rotatable bonds is 6. The van der Waals surface area contributed by atoms with Crippen molar-refractivity contribution in [2.75, 3.05) is 29.0 Å². The monoisotopic (exact) mass is 400 g/mol. The van der Waals surface area contributed by atoms with Gasteiger partial charge in [-0.3, -0.25) is 9.52 Å². The predicted molar refractivity (Wildman–Crippen MR) is 110 cm³/mol. The third-order valence-electron chi connectivity index (χ3n) is 5.37. The van der Waals surface area contributed by atoms with Crippen molar-refractivity contribution in [2.45, 2.75) is 32.1 Å². The Bertz CT molecular complexity index is 983. The predicted octanol–water partition coefficient (Wildman–Crippen LogP) is 2.91. The fourth-order valence-corrected chi connectivity index (χ4v) is 5.07. The van der Waals surface area contributed by atoms with Gasteiger partial charge in [-0.15, -0.1) is 0 Å². The van der Waals surface area contributed by atoms with Crippen LogP contribution in [0.5, 0.6) is 5.75 Å². The highest BCUT2D eigenvalue weighted by atomic mass is 32.2. The summed E-state index contributed by atoms with van der Waals surface area (Å²) < 4.78 is 33.0. The smallest absolute Gasteiger partial charge is 0.233 e. The van der Waals surface area contributed by atoms with Crippen molar-refractivity contribution in [1.29, 1.82) is 0 Å². The van der Waals surface area contributed by atoms with Crippen LogP contribution in [0.15, 0.2) is 36.4 Å². The molecule has 0 atom stereocenters. The summed E-state index contributed by atoms with van der Waals surface area (Å²) in [6, 6.07) is 11.2. The van der Waals surface area contributed by atoms with E-state index in [0.29, 0.717) is 24.9 Å². The molecule has 2 aliphatic heterocycles. The molecule has 7 heteroatoms. The minimum atomic E-state index is -3.47. The van der Waals surface area contributed by atoms with Crippen molar-refractivity contribution in [2.24, 2.45) is 0 Å². The number of nitrogens with one attached hydrogen (secondary N) is 1. The number of hydrogen-bond acceptors (Lipinski definition) is 4. The van der Waals surface area contributed by atoms with E-state index in [2.05, 4.69) is 4.72 Å². The number of sulfonamides is 1. The Balaban J connectivity index is 1.49. The molecule has 4 rings (SSSR count). The first-order valence-electron chi connectivity index (χ1n) is 9.55. The second-order valence-corrected chi connectivity index (χ2v) is 9.15. The third-order valence-corrected chi connectivity index (χ3v) is 6.65. The van der Waals surface area contributed by atoms with Crippen LogP contribution in [-0.2, 0) is 34.1 Å². The molecule has 148 valence electrons.